The van der Waals surface area contributed by atoms with Gasteiger partial charge in [0, 0.05) is 23.8 Å². The molecule has 0 aliphatic rings. The first-order chi connectivity index (χ1) is 12.6. The van der Waals surface area contributed by atoms with Crippen molar-refractivity contribution >= 4 is 39.8 Å². The van der Waals surface area contributed by atoms with E-state index in [0.29, 0.717) is 11.4 Å². The number of carbonyl (C=O) groups excluding carboxylic acids is 1. The van der Waals surface area contributed by atoms with Gasteiger partial charge in [0.1, 0.15) is 17.9 Å². The summed E-state index contributed by atoms with van der Waals surface area (Å²) in [5.74, 6) is 0.977. The molecule has 2 aromatic heterocycles. The van der Waals surface area contributed by atoms with Gasteiger partial charge < -0.3 is 10.4 Å². The molecule has 8 heteroatoms. The molecule has 0 aliphatic heterocycles. The first kappa shape index (κ1) is 16.1. The Morgan fingerprint density at radius 2 is 2.00 bits per heavy atom. The molecule has 0 atom stereocenters. The third kappa shape index (κ3) is 2.98. The molecule has 2 N–H and O–H groups in total. The number of phenolic OH excluding ortho intramolecular Hbond substituents is 1. The van der Waals surface area contributed by atoms with Gasteiger partial charge in [0.25, 0.3) is 0 Å². The number of rotatable bonds is 3. The number of amides is 2. The van der Waals surface area contributed by atoms with Gasteiger partial charge in [0.2, 0.25) is 0 Å². The highest BCUT2D eigenvalue weighted by atomic mass is 32.1. The van der Waals surface area contributed by atoms with Crippen LogP contribution in [-0.4, -0.2) is 32.7 Å². The van der Waals surface area contributed by atoms with Crippen LogP contribution in [0.3, 0.4) is 0 Å². The van der Waals surface area contributed by atoms with E-state index in [1.807, 2.05) is 28.1 Å². The van der Waals surface area contributed by atoms with Crippen molar-refractivity contribution in [1.29, 1.82) is 0 Å². The zero-order chi connectivity index (χ0) is 18.1. The summed E-state index contributed by atoms with van der Waals surface area (Å²) in [4.78, 5) is 22.6. The van der Waals surface area contributed by atoms with Crippen LogP contribution >= 0.6 is 11.3 Å². The van der Waals surface area contributed by atoms with E-state index >= 15 is 0 Å². The van der Waals surface area contributed by atoms with Crippen LogP contribution in [0.2, 0.25) is 0 Å². The molecule has 7 nitrogen and oxygen atoms in total. The second kappa shape index (κ2) is 6.49. The molecule has 2 heterocycles. The van der Waals surface area contributed by atoms with E-state index < -0.39 is 0 Å². The third-order valence-corrected chi connectivity index (χ3v) is 4.58. The molecular weight excluding hydrogens is 350 g/mol. The van der Waals surface area contributed by atoms with Crippen LogP contribution in [0.15, 0.2) is 59.7 Å². The van der Waals surface area contributed by atoms with Crippen LogP contribution < -0.4 is 10.2 Å². The van der Waals surface area contributed by atoms with Crippen LogP contribution in [0.1, 0.15) is 0 Å². The molecule has 0 unspecified atom stereocenters. The number of hydrogen-bond donors (Lipinski definition) is 2. The van der Waals surface area contributed by atoms with Crippen molar-refractivity contribution in [2.75, 3.05) is 17.3 Å². The van der Waals surface area contributed by atoms with E-state index in [-0.39, 0.29) is 11.8 Å². The molecule has 0 aliphatic carbocycles. The lowest BCUT2D eigenvalue weighted by atomic mass is 10.2. The van der Waals surface area contributed by atoms with Crippen LogP contribution in [0.5, 0.6) is 5.75 Å². The number of nitrogens with zero attached hydrogens (tertiary/aromatic N) is 4. The Bertz CT molecular complexity index is 1060. The van der Waals surface area contributed by atoms with Gasteiger partial charge in [-0.15, -0.1) is 11.3 Å². The van der Waals surface area contributed by atoms with Crippen LogP contribution in [0, 0.1) is 0 Å². The topological polar surface area (TPSA) is 83.3 Å². The highest BCUT2D eigenvalue weighted by molar-refractivity contribution is 7.07. The molecule has 130 valence electrons. The van der Waals surface area contributed by atoms with Crippen molar-refractivity contribution in [3.8, 4) is 11.6 Å². The van der Waals surface area contributed by atoms with Gasteiger partial charge in [-0.25, -0.2) is 14.8 Å². The summed E-state index contributed by atoms with van der Waals surface area (Å²) < 4.78 is 1.90. The molecule has 0 spiro atoms. The van der Waals surface area contributed by atoms with Crippen molar-refractivity contribution in [2.45, 2.75) is 0 Å². The number of hydrogen-bond acceptors (Lipinski definition) is 5. The number of thiazole rings is 1. The third-order valence-electron chi connectivity index (χ3n) is 4.01. The van der Waals surface area contributed by atoms with E-state index in [1.54, 1.807) is 31.0 Å². The maximum absolute atomic E-state index is 12.4. The van der Waals surface area contributed by atoms with Gasteiger partial charge in [-0.2, -0.15) is 0 Å². The van der Waals surface area contributed by atoms with Crippen LogP contribution in [0.25, 0.3) is 16.9 Å². The Balaban J connectivity index is 1.55. The number of phenols is 1. The molecule has 4 aromatic rings. The summed E-state index contributed by atoms with van der Waals surface area (Å²) in [6.45, 7) is 0. The van der Waals surface area contributed by atoms with Gasteiger partial charge in [0.15, 0.2) is 0 Å². The van der Waals surface area contributed by atoms with E-state index in [9.17, 15) is 9.90 Å². The Morgan fingerprint density at radius 3 is 2.73 bits per heavy atom. The lowest BCUT2D eigenvalue weighted by Gasteiger charge is -2.18. The van der Waals surface area contributed by atoms with Gasteiger partial charge in [0.05, 0.1) is 16.5 Å². The summed E-state index contributed by atoms with van der Waals surface area (Å²) >= 11 is 1.52. The zero-order valence-electron chi connectivity index (χ0n) is 13.8. The second-order valence-corrected chi connectivity index (χ2v) is 6.39. The average molecular weight is 365 g/mol. The molecule has 0 bridgehead atoms. The van der Waals surface area contributed by atoms with Crippen molar-refractivity contribution in [1.82, 2.24) is 14.5 Å². The number of anilines is 2. The smallest absolute Gasteiger partial charge is 0.326 e. The van der Waals surface area contributed by atoms with Crippen LogP contribution in [0.4, 0.5) is 16.2 Å². The Kier molecular flexibility index (Phi) is 4.02. The minimum absolute atomic E-state index is 0.156. The minimum Gasteiger partial charge on any atom is -0.508 e. The molecule has 2 amide bonds. The van der Waals surface area contributed by atoms with Gasteiger partial charge in [-0.1, -0.05) is 0 Å². The predicted octanol–water partition coefficient (Wildman–Crippen LogP) is 3.86. The lowest BCUT2D eigenvalue weighted by molar-refractivity contribution is 0.258. The SMILES string of the molecule is CN(C(=O)Nc1ccc2c(c1)ncn2-c1cscn1)c1ccc(O)cc1. The van der Waals surface area contributed by atoms with Gasteiger partial charge in [-0.05, 0) is 42.5 Å². The largest absolute Gasteiger partial charge is 0.508 e. The van der Waals surface area contributed by atoms with Crippen molar-refractivity contribution in [3.05, 3.63) is 59.7 Å². The molecule has 2 aromatic carbocycles. The van der Waals surface area contributed by atoms with E-state index in [0.717, 1.165) is 16.9 Å². The molecule has 0 saturated carbocycles. The Morgan fingerprint density at radius 1 is 1.19 bits per heavy atom. The summed E-state index contributed by atoms with van der Waals surface area (Å²) in [7, 11) is 1.66. The summed E-state index contributed by atoms with van der Waals surface area (Å²) in [5.41, 5.74) is 4.78. The highest BCUT2D eigenvalue weighted by Crippen LogP contribution is 2.23. The maximum Gasteiger partial charge on any atom is 0.326 e. The van der Waals surface area contributed by atoms with Gasteiger partial charge >= 0.3 is 6.03 Å². The minimum atomic E-state index is -0.283. The van der Waals surface area contributed by atoms with E-state index in [1.165, 1.54) is 28.4 Å². The predicted molar refractivity (Wildman–Crippen MR) is 102 cm³/mol. The average Bonchev–Trinajstić information content (AvgIpc) is 3.30. The van der Waals surface area contributed by atoms with Gasteiger partial charge in [-0.3, -0.25) is 9.47 Å². The number of benzene rings is 2. The molecular formula is C18H15N5O2S. The molecule has 4 rings (SSSR count). The fraction of sp³-hybridized carbons (Fsp3) is 0.0556. The van der Waals surface area contributed by atoms with Crippen molar-refractivity contribution in [3.63, 3.8) is 0 Å². The summed E-state index contributed by atoms with van der Waals surface area (Å²) in [5, 5.41) is 14.2. The number of carbonyl (C=O) groups is 1. The second-order valence-electron chi connectivity index (χ2n) is 5.67. The number of aromatic hydroxyl groups is 1. The van der Waals surface area contributed by atoms with Crippen molar-refractivity contribution < 1.29 is 9.90 Å². The zero-order valence-corrected chi connectivity index (χ0v) is 14.6. The van der Waals surface area contributed by atoms with Crippen molar-refractivity contribution in [2.24, 2.45) is 0 Å². The van der Waals surface area contributed by atoms with Crippen LogP contribution in [-0.2, 0) is 0 Å². The quantitative estimate of drug-likeness (QED) is 0.577. The molecule has 26 heavy (non-hydrogen) atoms. The number of imidazole rings is 1. The fourth-order valence-corrected chi connectivity index (χ4v) is 3.12. The van der Waals surface area contributed by atoms with E-state index in [4.69, 9.17) is 0 Å². The summed E-state index contributed by atoms with van der Waals surface area (Å²) in [6, 6.07) is 11.7. The fourth-order valence-electron chi connectivity index (χ4n) is 2.60. The monoisotopic (exact) mass is 365 g/mol. The Labute approximate surface area is 153 Å². The molecule has 0 fully saturated rings. The first-order valence-electron chi connectivity index (χ1n) is 7.81. The number of nitrogens with one attached hydrogen (secondary N) is 1. The standard InChI is InChI=1S/C18H15N5O2S/c1-22(13-3-5-14(24)6-4-13)18(25)21-12-2-7-16-15(8-12)19-10-23(16)17-9-26-11-20-17/h2-11,24H,1H3,(H,21,25). The number of aromatic nitrogens is 3. The summed E-state index contributed by atoms with van der Waals surface area (Å²) in [6.07, 6.45) is 1.72. The number of urea groups is 1. The number of fused-ring (bicyclic) bond motifs is 1. The molecule has 0 saturated heterocycles. The first-order valence-corrected chi connectivity index (χ1v) is 8.75. The maximum atomic E-state index is 12.4. The Hall–Kier alpha value is -3.39. The lowest BCUT2D eigenvalue weighted by Crippen LogP contribution is -2.31. The highest BCUT2D eigenvalue weighted by Gasteiger charge is 2.12. The van der Waals surface area contributed by atoms with E-state index in [2.05, 4.69) is 15.3 Å². The normalized spacial score (nSPS) is 10.8. The molecule has 0 radical (unpaired) electrons.